The second kappa shape index (κ2) is 9.26. The third-order valence-electron chi connectivity index (χ3n) is 8.85. The highest BCUT2D eigenvalue weighted by molar-refractivity contribution is 6.28. The molecule has 1 heterocycles. The number of rotatable bonds is 3. The first-order valence-electron chi connectivity index (χ1n) is 14.7. The summed E-state index contributed by atoms with van der Waals surface area (Å²) in [6, 6.07) is 44.9. The number of fused-ring (bicyclic) bond motifs is 1. The molecule has 8 aromatic rings. The monoisotopic (exact) mass is 537 g/mol. The van der Waals surface area contributed by atoms with E-state index in [0.29, 0.717) is 0 Å². The average molecular weight is 538 g/mol. The molecule has 42 heavy (non-hydrogen) atoms. The molecule has 7 aromatic carbocycles. The van der Waals surface area contributed by atoms with Crippen LogP contribution in [0.5, 0.6) is 0 Å². The van der Waals surface area contributed by atoms with Crippen LogP contribution >= 0.6 is 0 Å². The van der Waals surface area contributed by atoms with Gasteiger partial charge in [0.25, 0.3) is 0 Å². The zero-order valence-corrected chi connectivity index (χ0v) is 24.1. The Bertz CT molecular complexity index is 2230. The first-order chi connectivity index (χ1) is 20.5. The maximum absolute atomic E-state index is 4.48. The summed E-state index contributed by atoms with van der Waals surface area (Å²) in [5.74, 6) is 0. The van der Waals surface area contributed by atoms with Gasteiger partial charge >= 0.3 is 0 Å². The summed E-state index contributed by atoms with van der Waals surface area (Å²) in [6.07, 6.45) is 3.83. The van der Waals surface area contributed by atoms with Gasteiger partial charge in [0.05, 0.1) is 0 Å². The number of pyridine rings is 1. The van der Waals surface area contributed by atoms with E-state index in [2.05, 4.69) is 141 Å². The van der Waals surface area contributed by atoms with Crippen molar-refractivity contribution in [3.05, 3.63) is 139 Å². The number of benzene rings is 7. The van der Waals surface area contributed by atoms with Crippen LogP contribution in [0.2, 0.25) is 0 Å². The largest absolute Gasteiger partial charge is 0.264 e. The Hall–Kier alpha value is -5.01. The van der Waals surface area contributed by atoms with Gasteiger partial charge in [-0.05, 0) is 94.0 Å². The highest BCUT2D eigenvalue weighted by atomic mass is 14.6. The van der Waals surface area contributed by atoms with Crippen LogP contribution < -0.4 is 0 Å². The van der Waals surface area contributed by atoms with Gasteiger partial charge in [-0.3, -0.25) is 4.98 Å². The van der Waals surface area contributed by atoms with Crippen molar-refractivity contribution in [1.82, 2.24) is 4.98 Å². The lowest BCUT2D eigenvalue weighted by Gasteiger charge is -2.23. The van der Waals surface area contributed by atoms with Crippen molar-refractivity contribution in [2.24, 2.45) is 0 Å². The summed E-state index contributed by atoms with van der Waals surface area (Å²) in [5, 5.41) is 10.4. The van der Waals surface area contributed by atoms with Crippen molar-refractivity contribution >= 4 is 43.1 Å². The maximum Gasteiger partial charge on any atom is 0.0346 e. The van der Waals surface area contributed by atoms with Crippen LogP contribution in [0.1, 0.15) is 26.3 Å². The second-order valence-corrected chi connectivity index (χ2v) is 12.5. The van der Waals surface area contributed by atoms with Crippen LogP contribution in [-0.2, 0) is 5.41 Å². The van der Waals surface area contributed by atoms with Gasteiger partial charge in [0.1, 0.15) is 0 Å². The van der Waals surface area contributed by atoms with Gasteiger partial charge < -0.3 is 0 Å². The van der Waals surface area contributed by atoms with Crippen molar-refractivity contribution in [2.75, 3.05) is 0 Å². The average Bonchev–Trinajstić information content (AvgIpc) is 3.03. The van der Waals surface area contributed by atoms with Crippen molar-refractivity contribution < 1.29 is 0 Å². The summed E-state index contributed by atoms with van der Waals surface area (Å²) in [4.78, 5) is 4.48. The maximum atomic E-state index is 4.48. The normalized spacial score (nSPS) is 12.2. The lowest BCUT2D eigenvalue weighted by molar-refractivity contribution is 0.591. The summed E-state index contributed by atoms with van der Waals surface area (Å²) < 4.78 is 0. The molecule has 0 aliphatic carbocycles. The second-order valence-electron chi connectivity index (χ2n) is 12.5. The summed E-state index contributed by atoms with van der Waals surface area (Å²) in [7, 11) is 0. The molecule has 0 aliphatic rings. The Morgan fingerprint density at radius 3 is 1.76 bits per heavy atom. The number of hydrogen-bond acceptors (Lipinski definition) is 1. The van der Waals surface area contributed by atoms with Gasteiger partial charge in [0.15, 0.2) is 0 Å². The molecule has 0 atom stereocenters. The highest BCUT2D eigenvalue weighted by Gasteiger charge is 2.20. The van der Waals surface area contributed by atoms with E-state index in [1.54, 1.807) is 0 Å². The molecule has 1 nitrogen and oxygen atoms in total. The molecular formula is C41H31N. The molecule has 0 N–H and O–H groups in total. The van der Waals surface area contributed by atoms with E-state index >= 15 is 0 Å². The summed E-state index contributed by atoms with van der Waals surface area (Å²) in [6.45, 7) is 6.88. The molecule has 0 saturated heterocycles. The molecule has 0 bridgehead atoms. The Balaban J connectivity index is 1.39. The third-order valence-corrected chi connectivity index (χ3v) is 8.85. The van der Waals surface area contributed by atoms with Gasteiger partial charge in [-0.1, -0.05) is 130 Å². The van der Waals surface area contributed by atoms with E-state index in [9.17, 15) is 0 Å². The molecule has 0 unspecified atom stereocenters. The van der Waals surface area contributed by atoms with E-state index < -0.39 is 0 Å². The van der Waals surface area contributed by atoms with E-state index in [-0.39, 0.29) is 5.41 Å². The van der Waals surface area contributed by atoms with Gasteiger partial charge in [-0.2, -0.15) is 0 Å². The Kier molecular flexibility index (Phi) is 5.46. The zero-order chi connectivity index (χ0) is 28.4. The van der Waals surface area contributed by atoms with Crippen LogP contribution in [0, 0.1) is 0 Å². The third kappa shape index (κ3) is 3.89. The van der Waals surface area contributed by atoms with Crippen LogP contribution in [0.25, 0.3) is 76.5 Å². The fourth-order valence-electron chi connectivity index (χ4n) is 6.65. The van der Waals surface area contributed by atoms with Gasteiger partial charge in [-0.25, -0.2) is 0 Å². The molecule has 0 saturated carbocycles. The molecule has 0 spiro atoms. The number of hydrogen-bond donors (Lipinski definition) is 0. The van der Waals surface area contributed by atoms with Crippen LogP contribution in [0.3, 0.4) is 0 Å². The molecular weight excluding hydrogens is 506 g/mol. The molecule has 0 fully saturated rings. The molecule has 0 amide bonds. The van der Waals surface area contributed by atoms with Crippen molar-refractivity contribution in [3.8, 4) is 33.4 Å². The molecule has 1 heteroatoms. The Morgan fingerprint density at radius 2 is 1.10 bits per heavy atom. The number of aromatic nitrogens is 1. The fraction of sp³-hybridized carbons (Fsp3) is 0.0976. The van der Waals surface area contributed by atoms with Gasteiger partial charge in [0, 0.05) is 18.0 Å². The van der Waals surface area contributed by atoms with E-state index in [4.69, 9.17) is 0 Å². The Morgan fingerprint density at radius 1 is 0.452 bits per heavy atom. The lowest BCUT2D eigenvalue weighted by Crippen LogP contribution is -2.10. The molecule has 0 aliphatic heterocycles. The highest BCUT2D eigenvalue weighted by Crippen LogP contribution is 2.45. The quantitative estimate of drug-likeness (QED) is 0.204. The molecule has 1 aromatic heterocycles. The van der Waals surface area contributed by atoms with Crippen molar-refractivity contribution in [3.63, 3.8) is 0 Å². The number of nitrogens with zero attached hydrogens (tertiary/aromatic N) is 1. The van der Waals surface area contributed by atoms with Crippen LogP contribution in [0.15, 0.2) is 134 Å². The minimum Gasteiger partial charge on any atom is -0.264 e. The van der Waals surface area contributed by atoms with E-state index in [1.807, 2.05) is 18.5 Å². The minimum absolute atomic E-state index is 0.0856. The predicted octanol–water partition coefficient (Wildman–Crippen LogP) is 11.4. The Labute approximate surface area is 246 Å². The smallest absolute Gasteiger partial charge is 0.0346 e. The SMILES string of the molecule is CC(C)(C)c1cc2ccc3c(-c4ccc(-c5cccc6ccccc56)cc4)cc(-c4cccnc4)c4ccc(c1)c2c34. The van der Waals surface area contributed by atoms with E-state index in [1.165, 1.54) is 76.5 Å². The molecule has 8 rings (SSSR count). The summed E-state index contributed by atoms with van der Waals surface area (Å²) in [5.41, 5.74) is 8.78. The first-order valence-corrected chi connectivity index (χ1v) is 14.7. The first kappa shape index (κ1) is 24.8. The summed E-state index contributed by atoms with van der Waals surface area (Å²) >= 11 is 0. The van der Waals surface area contributed by atoms with Crippen molar-refractivity contribution in [2.45, 2.75) is 26.2 Å². The molecule has 0 radical (unpaired) electrons. The lowest BCUT2D eigenvalue weighted by atomic mass is 9.81. The van der Waals surface area contributed by atoms with Gasteiger partial charge in [-0.15, -0.1) is 0 Å². The predicted molar refractivity (Wildman–Crippen MR) is 180 cm³/mol. The zero-order valence-electron chi connectivity index (χ0n) is 24.1. The van der Waals surface area contributed by atoms with E-state index in [0.717, 1.165) is 5.56 Å². The fourth-order valence-corrected chi connectivity index (χ4v) is 6.65. The van der Waals surface area contributed by atoms with Crippen molar-refractivity contribution in [1.29, 1.82) is 0 Å². The topological polar surface area (TPSA) is 12.9 Å². The molecule has 200 valence electrons. The minimum atomic E-state index is 0.0856. The van der Waals surface area contributed by atoms with Crippen LogP contribution in [0.4, 0.5) is 0 Å². The standard InChI is InChI=1S/C41H31N/c1-41(2,3)32-22-29-17-19-35-37(28-15-13-27(14-16-28)34-12-6-9-26-8-4-5-11-33(26)34)24-38(31-10-7-21-42-25-31)36-20-18-30(23-32)39(29)40(35)36/h4-25H,1-3H3. The van der Waals surface area contributed by atoms with Crippen LogP contribution in [-0.4, -0.2) is 4.98 Å². The van der Waals surface area contributed by atoms with Gasteiger partial charge in [0.2, 0.25) is 0 Å².